The van der Waals surface area contributed by atoms with Crippen LogP contribution in [-0.2, 0) is 4.79 Å². The summed E-state index contributed by atoms with van der Waals surface area (Å²) in [5.74, 6) is 0.539. The Morgan fingerprint density at radius 3 is 2.45 bits per heavy atom. The van der Waals surface area contributed by atoms with Crippen molar-refractivity contribution in [2.45, 2.75) is 26.2 Å². The molecule has 2 rings (SSSR count). The molecule has 1 aliphatic heterocycles. The zero-order chi connectivity index (χ0) is 16.3. The molecule has 22 heavy (non-hydrogen) atoms. The van der Waals surface area contributed by atoms with E-state index in [4.69, 9.17) is 34.8 Å². The van der Waals surface area contributed by atoms with Crippen molar-refractivity contribution in [2.24, 2.45) is 5.92 Å². The highest BCUT2D eigenvalue weighted by Gasteiger charge is 2.24. The Morgan fingerprint density at radius 2 is 1.86 bits per heavy atom. The van der Waals surface area contributed by atoms with Gasteiger partial charge in [0.2, 0.25) is 5.91 Å². The second-order valence-corrected chi connectivity index (χ2v) is 6.95. The summed E-state index contributed by atoms with van der Waals surface area (Å²) in [7, 11) is 2.12. The van der Waals surface area contributed by atoms with Gasteiger partial charge in [0, 0.05) is 13.0 Å². The van der Waals surface area contributed by atoms with Gasteiger partial charge in [0.1, 0.15) is 0 Å². The maximum atomic E-state index is 12.7. The van der Waals surface area contributed by atoms with Gasteiger partial charge in [-0.25, -0.2) is 0 Å². The molecule has 1 heterocycles. The van der Waals surface area contributed by atoms with Crippen LogP contribution in [0.2, 0.25) is 15.1 Å². The Bertz CT molecular complexity index is 542. The number of likely N-dealkylation sites (tertiary alicyclic amines) is 1. The summed E-state index contributed by atoms with van der Waals surface area (Å²) >= 11 is 18.3. The van der Waals surface area contributed by atoms with Gasteiger partial charge in [-0.1, -0.05) is 34.8 Å². The summed E-state index contributed by atoms with van der Waals surface area (Å²) in [6.45, 7) is 4.60. The van der Waals surface area contributed by atoms with Gasteiger partial charge >= 0.3 is 0 Å². The lowest BCUT2D eigenvalue weighted by Crippen LogP contribution is -2.36. The summed E-state index contributed by atoms with van der Waals surface area (Å²) in [5, 5.41) is 1.04. The monoisotopic (exact) mass is 362 g/mol. The number of benzene rings is 1. The Balaban J connectivity index is 2.11. The minimum absolute atomic E-state index is 0.0948. The predicted molar refractivity (Wildman–Crippen MR) is 94.3 cm³/mol. The van der Waals surface area contributed by atoms with Crippen LogP contribution in [0.4, 0.5) is 5.69 Å². The Hall–Kier alpha value is -0.480. The van der Waals surface area contributed by atoms with Crippen molar-refractivity contribution in [3.63, 3.8) is 0 Å². The molecular formula is C16H21Cl3N2O. The van der Waals surface area contributed by atoms with E-state index in [-0.39, 0.29) is 5.91 Å². The average Bonchev–Trinajstić information content (AvgIpc) is 2.50. The SMILES string of the molecule is CCN(C(=O)CC1CCN(C)CC1)c1ccc(Cl)c(Cl)c1Cl. The van der Waals surface area contributed by atoms with E-state index < -0.39 is 0 Å². The number of rotatable bonds is 4. The van der Waals surface area contributed by atoms with E-state index in [1.165, 1.54) is 0 Å². The van der Waals surface area contributed by atoms with Gasteiger partial charge in [-0.2, -0.15) is 0 Å². The maximum absolute atomic E-state index is 12.7. The number of amides is 1. The highest BCUT2D eigenvalue weighted by molar-refractivity contribution is 6.49. The van der Waals surface area contributed by atoms with E-state index in [1.54, 1.807) is 17.0 Å². The van der Waals surface area contributed by atoms with Gasteiger partial charge in [-0.05, 0) is 58.0 Å². The largest absolute Gasteiger partial charge is 0.311 e. The lowest BCUT2D eigenvalue weighted by atomic mass is 9.93. The molecule has 0 N–H and O–H groups in total. The third-order valence-electron chi connectivity index (χ3n) is 4.22. The highest BCUT2D eigenvalue weighted by Crippen LogP contribution is 2.38. The fourth-order valence-electron chi connectivity index (χ4n) is 2.83. The average molecular weight is 364 g/mol. The summed E-state index contributed by atoms with van der Waals surface area (Å²) in [6, 6.07) is 3.43. The van der Waals surface area contributed by atoms with Crippen molar-refractivity contribution in [3.8, 4) is 0 Å². The van der Waals surface area contributed by atoms with Crippen LogP contribution >= 0.6 is 34.8 Å². The number of piperidine rings is 1. The van der Waals surface area contributed by atoms with E-state index in [2.05, 4.69) is 11.9 Å². The first-order valence-electron chi connectivity index (χ1n) is 7.56. The normalized spacial score (nSPS) is 16.8. The van der Waals surface area contributed by atoms with E-state index in [0.717, 1.165) is 25.9 Å². The Labute approximate surface area is 147 Å². The molecule has 0 aromatic heterocycles. The quantitative estimate of drug-likeness (QED) is 0.722. The molecule has 0 atom stereocenters. The van der Waals surface area contributed by atoms with E-state index >= 15 is 0 Å². The van der Waals surface area contributed by atoms with Crippen molar-refractivity contribution in [1.82, 2.24) is 4.90 Å². The first kappa shape index (κ1) is 17.9. The number of hydrogen-bond donors (Lipinski definition) is 0. The third kappa shape index (κ3) is 4.08. The molecule has 0 saturated carbocycles. The summed E-state index contributed by atoms with van der Waals surface area (Å²) < 4.78 is 0. The molecule has 1 amide bonds. The van der Waals surface area contributed by atoms with Gasteiger partial charge < -0.3 is 9.80 Å². The topological polar surface area (TPSA) is 23.6 Å². The molecule has 122 valence electrons. The summed E-state index contributed by atoms with van der Waals surface area (Å²) in [5.41, 5.74) is 0.636. The van der Waals surface area contributed by atoms with Crippen LogP contribution in [0.1, 0.15) is 26.2 Å². The molecule has 3 nitrogen and oxygen atoms in total. The molecular weight excluding hydrogens is 343 g/mol. The maximum Gasteiger partial charge on any atom is 0.227 e. The Kier molecular flexibility index (Phi) is 6.39. The molecule has 1 aliphatic rings. The molecule has 0 unspecified atom stereocenters. The van der Waals surface area contributed by atoms with Crippen LogP contribution < -0.4 is 4.90 Å². The smallest absolute Gasteiger partial charge is 0.227 e. The van der Waals surface area contributed by atoms with Crippen LogP contribution in [0, 0.1) is 5.92 Å². The van der Waals surface area contributed by atoms with Gasteiger partial charge in [-0.3, -0.25) is 4.79 Å². The molecule has 0 aliphatic carbocycles. The fourth-order valence-corrected chi connectivity index (χ4v) is 3.46. The lowest BCUT2D eigenvalue weighted by Gasteiger charge is -2.30. The van der Waals surface area contributed by atoms with Crippen LogP contribution in [-0.4, -0.2) is 37.5 Å². The molecule has 1 aromatic rings. The number of carbonyl (C=O) groups is 1. The third-order valence-corrected chi connectivity index (χ3v) is 5.51. The van der Waals surface area contributed by atoms with Crippen LogP contribution in [0.15, 0.2) is 12.1 Å². The number of hydrogen-bond acceptors (Lipinski definition) is 2. The molecule has 1 aromatic carbocycles. The van der Waals surface area contributed by atoms with Crippen molar-refractivity contribution in [2.75, 3.05) is 31.6 Å². The molecule has 1 fully saturated rings. The second-order valence-electron chi connectivity index (χ2n) is 5.78. The Morgan fingerprint density at radius 1 is 1.23 bits per heavy atom. The predicted octanol–water partition coefficient (Wildman–Crippen LogP) is 4.73. The number of anilines is 1. The van der Waals surface area contributed by atoms with Crippen LogP contribution in [0.3, 0.4) is 0 Å². The fraction of sp³-hybridized carbons (Fsp3) is 0.562. The summed E-state index contributed by atoms with van der Waals surface area (Å²) in [6.07, 6.45) is 2.68. The highest BCUT2D eigenvalue weighted by atomic mass is 35.5. The van der Waals surface area contributed by atoms with Crippen molar-refractivity contribution >= 4 is 46.4 Å². The first-order chi connectivity index (χ1) is 10.4. The number of nitrogens with zero attached hydrogens (tertiary/aromatic N) is 2. The zero-order valence-electron chi connectivity index (χ0n) is 12.9. The van der Waals surface area contributed by atoms with Crippen molar-refractivity contribution < 1.29 is 4.79 Å². The molecule has 0 radical (unpaired) electrons. The van der Waals surface area contributed by atoms with Gasteiger partial charge in [0.25, 0.3) is 0 Å². The molecule has 0 spiro atoms. The van der Waals surface area contributed by atoms with E-state index in [0.29, 0.717) is 39.6 Å². The molecule has 0 bridgehead atoms. The lowest BCUT2D eigenvalue weighted by molar-refractivity contribution is -0.119. The minimum atomic E-state index is 0.0948. The number of halogens is 3. The van der Waals surface area contributed by atoms with E-state index in [1.807, 2.05) is 6.92 Å². The van der Waals surface area contributed by atoms with Gasteiger partial charge in [-0.15, -0.1) is 0 Å². The second kappa shape index (κ2) is 7.87. The van der Waals surface area contributed by atoms with Gasteiger partial charge in [0.15, 0.2) is 0 Å². The van der Waals surface area contributed by atoms with Crippen molar-refractivity contribution in [1.29, 1.82) is 0 Å². The summed E-state index contributed by atoms with van der Waals surface area (Å²) in [4.78, 5) is 16.6. The standard InChI is InChI=1S/C16H21Cl3N2O/c1-3-21(13-5-4-12(17)15(18)16(13)19)14(22)10-11-6-8-20(2)9-7-11/h4-5,11H,3,6-10H2,1-2H3. The van der Waals surface area contributed by atoms with E-state index in [9.17, 15) is 4.79 Å². The van der Waals surface area contributed by atoms with Crippen LogP contribution in [0.25, 0.3) is 0 Å². The first-order valence-corrected chi connectivity index (χ1v) is 8.69. The van der Waals surface area contributed by atoms with Gasteiger partial charge in [0.05, 0.1) is 20.8 Å². The zero-order valence-corrected chi connectivity index (χ0v) is 15.2. The molecule has 1 saturated heterocycles. The van der Waals surface area contributed by atoms with Crippen LogP contribution in [0.5, 0.6) is 0 Å². The molecule has 6 heteroatoms. The minimum Gasteiger partial charge on any atom is -0.311 e. The van der Waals surface area contributed by atoms with Crippen molar-refractivity contribution in [3.05, 3.63) is 27.2 Å². The number of carbonyl (C=O) groups excluding carboxylic acids is 1.